The van der Waals surface area contributed by atoms with E-state index in [4.69, 9.17) is 4.99 Å². The summed E-state index contributed by atoms with van der Waals surface area (Å²) < 4.78 is 0. The van der Waals surface area contributed by atoms with Gasteiger partial charge >= 0.3 is 5.97 Å². The number of benzene rings is 1. The van der Waals surface area contributed by atoms with E-state index < -0.39 is 17.5 Å². The first-order valence-corrected chi connectivity index (χ1v) is 13.0. The molecule has 0 bridgehead atoms. The minimum Gasteiger partial charge on any atom is -0.507 e. The van der Waals surface area contributed by atoms with Crippen LogP contribution in [0.3, 0.4) is 0 Å². The number of hydrogen-bond donors (Lipinski definition) is 3. The van der Waals surface area contributed by atoms with Crippen LogP contribution in [0.5, 0.6) is 5.75 Å². The van der Waals surface area contributed by atoms with Gasteiger partial charge in [-0.05, 0) is 45.4 Å². The average Bonchev–Trinajstić information content (AvgIpc) is 3.34. The molecule has 172 valence electrons. The maximum absolute atomic E-state index is 11.6. The first kappa shape index (κ1) is 24.4. The third-order valence-corrected chi connectivity index (χ3v) is 9.03. The molecule has 0 radical (unpaired) electrons. The van der Waals surface area contributed by atoms with E-state index >= 15 is 0 Å². The van der Waals surface area contributed by atoms with Gasteiger partial charge in [0.25, 0.3) is 0 Å². The molecule has 0 spiro atoms. The molecule has 3 rings (SSSR count). The molecule has 1 aromatic carbocycles. The smallest absolute Gasteiger partial charge is 0.311 e. The molecule has 4 atom stereocenters. The van der Waals surface area contributed by atoms with Gasteiger partial charge in [0.1, 0.15) is 10.8 Å². The zero-order chi connectivity index (χ0) is 22.8. The van der Waals surface area contributed by atoms with Crippen LogP contribution in [0, 0.1) is 5.41 Å². The van der Waals surface area contributed by atoms with Crippen LogP contribution < -0.4 is 0 Å². The van der Waals surface area contributed by atoms with E-state index in [9.17, 15) is 20.1 Å². The van der Waals surface area contributed by atoms with Crippen LogP contribution in [0.15, 0.2) is 23.2 Å². The number of hydrogen-bond acceptors (Lipinski definition) is 7. The minimum atomic E-state index is -1.21. The van der Waals surface area contributed by atoms with E-state index in [1.54, 1.807) is 43.4 Å². The number of likely N-dealkylation sites (N-methyl/N-ethyl adjacent to an activating group) is 1. The lowest BCUT2D eigenvalue weighted by Crippen LogP contribution is -2.52. The molecule has 1 aromatic rings. The van der Waals surface area contributed by atoms with E-state index in [0.29, 0.717) is 5.75 Å². The van der Waals surface area contributed by atoms with Gasteiger partial charge in [0.05, 0.1) is 28.5 Å². The molecule has 31 heavy (non-hydrogen) atoms. The quantitative estimate of drug-likeness (QED) is 0.476. The van der Waals surface area contributed by atoms with Crippen molar-refractivity contribution < 1.29 is 20.1 Å². The number of aliphatic carboxylic acids is 1. The summed E-state index contributed by atoms with van der Waals surface area (Å²) in [7, 11) is 1.95. The van der Waals surface area contributed by atoms with Gasteiger partial charge in [-0.25, -0.2) is 0 Å². The summed E-state index contributed by atoms with van der Waals surface area (Å²) in [5, 5.41) is 31.8. The summed E-state index contributed by atoms with van der Waals surface area (Å²) in [6.07, 6.45) is 3.38. The summed E-state index contributed by atoms with van der Waals surface area (Å²) in [5.41, 5.74) is 0.792. The standard InChI is InChI=1S/C23H34N2O4S2/c1-5-6-7-9-14-10-8-11-17(26)18(14)20-24-15(12-30-20)21-25(4)16(13-31-21)19(27)23(2,3)22(28)29/h8,10-11,15-16,19,21,26-27H,5-7,9,12-13H2,1-4H3,(H,28,29)/t15-,16+,19+,21+/m1/s1. The molecule has 0 saturated carbocycles. The van der Waals surface area contributed by atoms with Crippen molar-refractivity contribution in [3.8, 4) is 5.75 Å². The molecule has 0 aliphatic carbocycles. The lowest BCUT2D eigenvalue weighted by atomic mass is 9.82. The maximum atomic E-state index is 11.6. The Balaban J connectivity index is 1.76. The van der Waals surface area contributed by atoms with Gasteiger partial charge in [-0.1, -0.05) is 31.9 Å². The number of nitrogens with zero attached hydrogens (tertiary/aromatic N) is 2. The van der Waals surface area contributed by atoms with Gasteiger partial charge in [-0.2, -0.15) is 0 Å². The van der Waals surface area contributed by atoms with Crippen LogP contribution in [0.1, 0.15) is 51.2 Å². The third-order valence-electron chi connectivity index (χ3n) is 6.41. The highest BCUT2D eigenvalue weighted by Crippen LogP contribution is 2.41. The van der Waals surface area contributed by atoms with Crippen LogP contribution in [0.25, 0.3) is 0 Å². The zero-order valence-corrected chi connectivity index (χ0v) is 20.4. The number of carboxylic acids is 1. The first-order chi connectivity index (χ1) is 14.7. The number of aliphatic imine (C=N–C) groups is 1. The summed E-state index contributed by atoms with van der Waals surface area (Å²) >= 11 is 3.40. The van der Waals surface area contributed by atoms with Gasteiger partial charge in [-0.3, -0.25) is 14.7 Å². The molecule has 2 aliphatic rings. The van der Waals surface area contributed by atoms with Crippen LogP contribution in [-0.4, -0.2) is 73.3 Å². The Morgan fingerprint density at radius 1 is 1.32 bits per heavy atom. The van der Waals surface area contributed by atoms with Crippen molar-refractivity contribution >= 4 is 34.5 Å². The van der Waals surface area contributed by atoms with E-state index in [0.717, 1.165) is 47.6 Å². The van der Waals surface area contributed by atoms with Crippen LogP contribution in [-0.2, 0) is 11.2 Å². The molecule has 8 heteroatoms. The summed E-state index contributed by atoms with van der Waals surface area (Å²) in [6.45, 7) is 5.33. The fraction of sp³-hybridized carbons (Fsp3) is 0.652. The zero-order valence-electron chi connectivity index (χ0n) is 18.7. The monoisotopic (exact) mass is 466 g/mol. The fourth-order valence-corrected chi connectivity index (χ4v) is 7.08. The average molecular weight is 467 g/mol. The van der Waals surface area contributed by atoms with Crippen LogP contribution in [0.2, 0.25) is 0 Å². The Morgan fingerprint density at radius 2 is 2.06 bits per heavy atom. The second kappa shape index (κ2) is 10.1. The van der Waals surface area contributed by atoms with Gasteiger partial charge in [-0.15, -0.1) is 23.5 Å². The molecule has 1 fully saturated rings. The van der Waals surface area contributed by atoms with Crippen molar-refractivity contribution in [1.29, 1.82) is 0 Å². The molecule has 6 nitrogen and oxygen atoms in total. The molecule has 3 N–H and O–H groups in total. The van der Waals surface area contributed by atoms with E-state index in [2.05, 4.69) is 17.9 Å². The van der Waals surface area contributed by atoms with Gasteiger partial charge in [0, 0.05) is 17.5 Å². The summed E-state index contributed by atoms with van der Waals surface area (Å²) in [5.74, 6) is 0.772. The summed E-state index contributed by atoms with van der Waals surface area (Å²) in [4.78, 5) is 18.7. The lowest BCUT2D eigenvalue weighted by molar-refractivity contribution is -0.155. The number of aliphatic hydroxyl groups excluding tert-OH is 1. The second-order valence-electron chi connectivity index (χ2n) is 9.01. The van der Waals surface area contributed by atoms with Crippen molar-refractivity contribution in [1.82, 2.24) is 4.90 Å². The highest BCUT2D eigenvalue weighted by Gasteiger charge is 2.48. The maximum Gasteiger partial charge on any atom is 0.311 e. The number of rotatable bonds is 9. The second-order valence-corrected chi connectivity index (χ2v) is 11.2. The molecule has 0 unspecified atom stereocenters. The number of phenols is 1. The lowest BCUT2D eigenvalue weighted by Gasteiger charge is -2.35. The number of thioether (sulfide) groups is 2. The number of aromatic hydroxyl groups is 1. The third kappa shape index (κ3) is 5.07. The number of phenolic OH excluding ortho intramolecular Hbond substituents is 1. The Hall–Kier alpha value is -1.22. The Bertz CT molecular complexity index is 830. The minimum absolute atomic E-state index is 0.0308. The van der Waals surface area contributed by atoms with Crippen LogP contribution in [0.4, 0.5) is 0 Å². The number of carboxylic acid groups (broad SMARTS) is 1. The number of aliphatic hydroxyl groups is 1. The molecule has 1 saturated heterocycles. The number of carbonyl (C=O) groups is 1. The van der Waals surface area contributed by atoms with E-state index in [1.807, 2.05) is 13.1 Å². The van der Waals surface area contributed by atoms with Gasteiger partial charge in [0.2, 0.25) is 0 Å². The Kier molecular flexibility index (Phi) is 8.00. The summed E-state index contributed by atoms with van der Waals surface area (Å²) in [6, 6.07) is 5.50. The van der Waals surface area contributed by atoms with Crippen molar-refractivity contribution in [3.63, 3.8) is 0 Å². The largest absolute Gasteiger partial charge is 0.507 e. The normalized spacial score (nSPS) is 25.6. The Labute approximate surface area is 193 Å². The predicted octanol–water partition coefficient (Wildman–Crippen LogP) is 3.83. The molecule has 2 aliphatic heterocycles. The van der Waals surface area contributed by atoms with Crippen molar-refractivity contribution in [2.75, 3.05) is 18.6 Å². The molecule has 0 amide bonds. The number of aryl methyl sites for hydroxylation is 1. The topological polar surface area (TPSA) is 93.4 Å². The molecule has 2 heterocycles. The first-order valence-electron chi connectivity index (χ1n) is 10.9. The molecular weight excluding hydrogens is 432 g/mol. The molecule has 0 aromatic heterocycles. The fourth-order valence-electron chi connectivity index (χ4n) is 4.20. The molecular formula is C23H34N2O4S2. The highest BCUT2D eigenvalue weighted by atomic mass is 32.2. The van der Waals surface area contributed by atoms with Gasteiger partial charge in [0.15, 0.2) is 0 Å². The van der Waals surface area contributed by atoms with Crippen LogP contribution >= 0.6 is 23.5 Å². The van der Waals surface area contributed by atoms with E-state index in [1.165, 1.54) is 0 Å². The SMILES string of the molecule is CCCCCc1cccc(O)c1C1=N[C@@H]([C@@H]2SC[C@@H]([C@H](O)C(C)(C)C(=O)O)N2C)CS1. The highest BCUT2D eigenvalue weighted by molar-refractivity contribution is 8.14. The van der Waals surface area contributed by atoms with Crippen molar-refractivity contribution in [3.05, 3.63) is 29.3 Å². The number of unbranched alkanes of at least 4 members (excludes halogenated alkanes) is 2. The predicted molar refractivity (Wildman–Crippen MR) is 129 cm³/mol. The van der Waals surface area contributed by atoms with Gasteiger partial charge < -0.3 is 15.3 Å². The Morgan fingerprint density at radius 3 is 2.74 bits per heavy atom. The van der Waals surface area contributed by atoms with Crippen molar-refractivity contribution in [2.24, 2.45) is 10.4 Å². The van der Waals surface area contributed by atoms with Crippen molar-refractivity contribution in [2.45, 2.75) is 70.0 Å². The van der Waals surface area contributed by atoms with E-state index in [-0.39, 0.29) is 23.2 Å².